The molecule has 2 heterocycles. The molecule has 0 atom stereocenters. The number of rotatable bonds is 7. The summed E-state index contributed by atoms with van der Waals surface area (Å²) < 4.78 is 18.0. The number of alkyl carbamates (subject to hydrolysis) is 1. The number of aromatic nitrogens is 1. The third-order valence-corrected chi connectivity index (χ3v) is 8.25. The van der Waals surface area contributed by atoms with Crippen LogP contribution < -0.4 is 5.32 Å². The Balaban J connectivity index is 1.12. The molecular weight excluding hydrogens is 564 g/mol. The van der Waals surface area contributed by atoms with Gasteiger partial charge in [0.2, 0.25) is 0 Å². The Hall–Kier alpha value is -3.17. The molecule has 1 fully saturated rings. The molecule has 0 unspecified atom stereocenters. The van der Waals surface area contributed by atoms with E-state index in [1.165, 1.54) is 34.0 Å². The van der Waals surface area contributed by atoms with E-state index in [0.717, 1.165) is 25.5 Å². The van der Waals surface area contributed by atoms with Gasteiger partial charge < -0.3 is 19.5 Å². The number of halogens is 1. The second kappa shape index (κ2) is 11.3. The van der Waals surface area contributed by atoms with Gasteiger partial charge in [0.25, 0.3) is 0 Å². The van der Waals surface area contributed by atoms with Crippen molar-refractivity contribution in [1.29, 1.82) is 0 Å². The highest BCUT2D eigenvalue weighted by molar-refractivity contribution is 9.10. The normalized spacial score (nSPS) is 14.8. The predicted molar refractivity (Wildman–Crippen MR) is 149 cm³/mol. The molecule has 4 aromatic rings. The number of pyridine rings is 1. The molecule has 6 nitrogen and oxygen atoms in total. The van der Waals surface area contributed by atoms with Gasteiger partial charge in [0.15, 0.2) is 6.29 Å². The van der Waals surface area contributed by atoms with E-state index in [9.17, 15) is 4.79 Å². The first kappa shape index (κ1) is 25.1. The third-order valence-electron chi connectivity index (χ3n) is 6.67. The Labute approximate surface area is 233 Å². The van der Waals surface area contributed by atoms with Crippen LogP contribution >= 0.6 is 27.7 Å². The fourth-order valence-corrected chi connectivity index (χ4v) is 6.26. The molecule has 192 valence electrons. The van der Waals surface area contributed by atoms with Crippen molar-refractivity contribution in [2.75, 3.05) is 19.8 Å². The van der Waals surface area contributed by atoms with E-state index in [2.05, 4.69) is 50.5 Å². The predicted octanol–water partition coefficient (Wildman–Crippen LogP) is 7.08. The van der Waals surface area contributed by atoms with Crippen molar-refractivity contribution >= 4 is 33.8 Å². The average Bonchev–Trinajstić information content (AvgIpc) is 3.59. The van der Waals surface area contributed by atoms with Gasteiger partial charge >= 0.3 is 6.09 Å². The van der Waals surface area contributed by atoms with Crippen LogP contribution in [-0.2, 0) is 20.8 Å². The Morgan fingerprint density at radius 2 is 1.61 bits per heavy atom. The summed E-state index contributed by atoms with van der Waals surface area (Å²) in [6.07, 6.45) is 0.883. The molecule has 8 heteroatoms. The highest BCUT2D eigenvalue weighted by Gasteiger charge is 2.29. The zero-order valence-corrected chi connectivity index (χ0v) is 22.8. The van der Waals surface area contributed by atoms with Crippen LogP contribution in [0.2, 0.25) is 0 Å². The first-order chi connectivity index (χ1) is 18.7. The zero-order valence-electron chi connectivity index (χ0n) is 20.4. The molecule has 0 radical (unpaired) electrons. The number of fused-ring (bicyclic) bond motifs is 3. The average molecular weight is 590 g/mol. The topological polar surface area (TPSA) is 69.7 Å². The molecule has 1 N–H and O–H groups in total. The molecule has 3 aromatic carbocycles. The molecule has 1 saturated heterocycles. The van der Waals surface area contributed by atoms with Crippen molar-refractivity contribution in [3.63, 3.8) is 0 Å². The summed E-state index contributed by atoms with van der Waals surface area (Å²) in [5.74, 6) is 0.0258. The number of hydrogen-bond acceptors (Lipinski definition) is 6. The monoisotopic (exact) mass is 588 g/mol. The first-order valence-electron chi connectivity index (χ1n) is 12.4. The maximum atomic E-state index is 12.7. The Kier molecular flexibility index (Phi) is 7.47. The van der Waals surface area contributed by atoms with E-state index in [-0.39, 0.29) is 12.5 Å². The van der Waals surface area contributed by atoms with Gasteiger partial charge in [-0.2, -0.15) is 0 Å². The van der Waals surface area contributed by atoms with Gasteiger partial charge in [0.05, 0.1) is 13.2 Å². The number of nitrogens with zero attached hydrogens (tertiary/aromatic N) is 1. The highest BCUT2D eigenvalue weighted by atomic mass is 79.9. The van der Waals surface area contributed by atoms with Crippen molar-refractivity contribution < 1.29 is 19.0 Å². The van der Waals surface area contributed by atoms with Crippen LogP contribution in [-0.4, -0.2) is 30.9 Å². The number of carbonyl (C=O) groups excluding carboxylic acids is 1. The van der Waals surface area contributed by atoms with Gasteiger partial charge in [-0.25, -0.2) is 9.78 Å². The van der Waals surface area contributed by atoms with Crippen molar-refractivity contribution in [2.45, 2.75) is 28.7 Å². The van der Waals surface area contributed by atoms with Crippen LogP contribution in [0.3, 0.4) is 0 Å². The lowest BCUT2D eigenvalue weighted by molar-refractivity contribution is -0.0464. The molecule has 6 rings (SSSR count). The summed E-state index contributed by atoms with van der Waals surface area (Å²) in [7, 11) is 0. The Bertz CT molecular complexity index is 1430. The second-order valence-electron chi connectivity index (χ2n) is 9.01. The molecule has 0 bridgehead atoms. The molecule has 1 amide bonds. The highest BCUT2D eigenvalue weighted by Crippen LogP contribution is 2.44. The van der Waals surface area contributed by atoms with E-state index in [4.69, 9.17) is 14.2 Å². The smallest absolute Gasteiger partial charge is 0.407 e. The van der Waals surface area contributed by atoms with Crippen molar-refractivity contribution in [3.8, 4) is 11.1 Å². The SMILES string of the molecule is O=C(NCc1ccccc1Sc1ncc(Br)cc1C1OCCO1)OCC1c2ccccc2-c2ccccc21. The van der Waals surface area contributed by atoms with Crippen molar-refractivity contribution in [1.82, 2.24) is 10.3 Å². The minimum atomic E-state index is -0.443. The lowest BCUT2D eigenvalue weighted by atomic mass is 9.98. The van der Waals surface area contributed by atoms with Crippen LogP contribution in [0.25, 0.3) is 11.1 Å². The molecule has 38 heavy (non-hydrogen) atoms. The van der Waals surface area contributed by atoms with Gasteiger partial charge in [0, 0.05) is 33.6 Å². The maximum Gasteiger partial charge on any atom is 0.407 e. The summed E-state index contributed by atoms with van der Waals surface area (Å²) in [4.78, 5) is 18.3. The zero-order chi connectivity index (χ0) is 25.9. The molecule has 1 aliphatic carbocycles. The molecule has 0 saturated carbocycles. The first-order valence-corrected chi connectivity index (χ1v) is 14.0. The number of nitrogens with one attached hydrogen (secondary N) is 1. The Morgan fingerprint density at radius 3 is 2.34 bits per heavy atom. The van der Waals surface area contributed by atoms with Gasteiger partial charge in [0.1, 0.15) is 11.6 Å². The van der Waals surface area contributed by atoms with Crippen molar-refractivity contribution in [2.24, 2.45) is 0 Å². The number of benzene rings is 3. The molecule has 1 aliphatic heterocycles. The number of hydrogen-bond donors (Lipinski definition) is 1. The third kappa shape index (κ3) is 5.22. The van der Waals surface area contributed by atoms with Crippen LogP contribution in [0.1, 0.15) is 34.5 Å². The van der Waals surface area contributed by atoms with E-state index in [1.807, 2.05) is 54.6 Å². The van der Waals surface area contributed by atoms with Gasteiger partial charge in [-0.15, -0.1) is 0 Å². The summed E-state index contributed by atoms with van der Waals surface area (Å²) >= 11 is 5.02. The summed E-state index contributed by atoms with van der Waals surface area (Å²) in [6, 6.07) is 26.5. The maximum absolute atomic E-state index is 12.7. The van der Waals surface area contributed by atoms with Gasteiger partial charge in [-0.1, -0.05) is 78.5 Å². The van der Waals surface area contributed by atoms with E-state index in [0.29, 0.717) is 19.8 Å². The lowest BCUT2D eigenvalue weighted by Gasteiger charge is -2.16. The summed E-state index contributed by atoms with van der Waals surface area (Å²) in [5, 5.41) is 3.72. The quantitative estimate of drug-likeness (QED) is 0.249. The van der Waals surface area contributed by atoms with E-state index >= 15 is 0 Å². The van der Waals surface area contributed by atoms with E-state index < -0.39 is 12.4 Å². The number of carbonyl (C=O) groups is 1. The fourth-order valence-electron chi connectivity index (χ4n) is 4.90. The van der Waals surface area contributed by atoms with Crippen LogP contribution in [0.5, 0.6) is 0 Å². The van der Waals surface area contributed by atoms with Gasteiger partial charge in [-0.3, -0.25) is 0 Å². The van der Waals surface area contributed by atoms with Crippen LogP contribution in [0.15, 0.2) is 99.5 Å². The standard InChI is InChI=1S/C30H25BrN2O4S/c31-20-15-25(29-35-13-14-36-29)28(32-17-20)38-27-12-6-1-7-19(27)16-33-30(34)37-18-26-23-10-4-2-8-21(23)22-9-3-5-11-24(22)26/h1-12,15,17,26,29H,13-14,16,18H2,(H,33,34). The number of amides is 1. The minimum absolute atomic E-state index is 0.0258. The van der Waals surface area contributed by atoms with Crippen LogP contribution in [0, 0.1) is 0 Å². The molecule has 0 spiro atoms. The largest absolute Gasteiger partial charge is 0.449 e. The van der Waals surface area contributed by atoms with Gasteiger partial charge in [-0.05, 0) is 55.9 Å². The molecule has 1 aromatic heterocycles. The molecule has 2 aliphatic rings. The van der Waals surface area contributed by atoms with Crippen LogP contribution in [0.4, 0.5) is 4.79 Å². The Morgan fingerprint density at radius 1 is 0.947 bits per heavy atom. The summed E-state index contributed by atoms with van der Waals surface area (Å²) in [5.41, 5.74) is 6.64. The lowest BCUT2D eigenvalue weighted by Crippen LogP contribution is -2.25. The minimum Gasteiger partial charge on any atom is -0.449 e. The fraction of sp³-hybridized carbons (Fsp3) is 0.200. The molecular formula is C30H25BrN2O4S. The van der Waals surface area contributed by atoms with E-state index in [1.54, 1.807) is 6.20 Å². The second-order valence-corrected chi connectivity index (χ2v) is 11.0. The van der Waals surface area contributed by atoms with Crippen molar-refractivity contribution in [3.05, 3.63) is 112 Å². The summed E-state index contributed by atoms with van der Waals surface area (Å²) in [6.45, 7) is 1.73. The number of ether oxygens (including phenoxy) is 3.